The van der Waals surface area contributed by atoms with Crippen LogP contribution >= 0.6 is 0 Å². The van der Waals surface area contributed by atoms with Gasteiger partial charge in [0.1, 0.15) is 0 Å². The van der Waals surface area contributed by atoms with Crippen LogP contribution in [0.3, 0.4) is 0 Å². The molecule has 1 aromatic carbocycles. The number of aromatic nitrogens is 2. The van der Waals surface area contributed by atoms with Gasteiger partial charge in [-0.1, -0.05) is 0 Å². The van der Waals surface area contributed by atoms with Gasteiger partial charge >= 0.3 is 5.97 Å². The van der Waals surface area contributed by atoms with Crippen LogP contribution in [0.2, 0.25) is 0 Å². The third kappa shape index (κ3) is 3.29. The highest BCUT2D eigenvalue weighted by atomic mass is 16.7. The molecule has 1 fully saturated rings. The van der Waals surface area contributed by atoms with E-state index >= 15 is 0 Å². The Hall–Kier alpha value is -2.83. The fourth-order valence-electron chi connectivity index (χ4n) is 3.33. The molecule has 2 aliphatic heterocycles. The topological polar surface area (TPSA) is 73.8 Å². The third-order valence-electron chi connectivity index (χ3n) is 4.64. The molecule has 2 aliphatic rings. The Kier molecular flexibility index (Phi) is 4.60. The molecule has 0 bridgehead atoms. The Morgan fingerprint density at radius 3 is 3.08 bits per heavy atom. The zero-order chi connectivity index (χ0) is 17.9. The van der Waals surface area contributed by atoms with Gasteiger partial charge in [0.25, 0.3) is 0 Å². The molecule has 0 spiro atoms. The number of ether oxygens (including phenoxy) is 3. The number of hydrogen-bond donors (Lipinski definition) is 0. The van der Waals surface area contributed by atoms with Crippen LogP contribution in [-0.2, 0) is 9.53 Å². The van der Waals surface area contributed by atoms with Gasteiger partial charge < -0.3 is 19.1 Å². The van der Waals surface area contributed by atoms with Crippen molar-refractivity contribution in [1.29, 1.82) is 0 Å². The summed E-state index contributed by atoms with van der Waals surface area (Å²) in [7, 11) is 0. The summed E-state index contributed by atoms with van der Waals surface area (Å²) in [6.45, 7) is 3.91. The maximum atomic E-state index is 12.1. The minimum Gasteiger partial charge on any atom is -0.466 e. The lowest BCUT2D eigenvalue weighted by molar-refractivity contribution is -0.148. The summed E-state index contributed by atoms with van der Waals surface area (Å²) in [5, 5.41) is 0. The summed E-state index contributed by atoms with van der Waals surface area (Å²) in [6, 6.07) is 7.63. The van der Waals surface area contributed by atoms with Gasteiger partial charge in [-0.2, -0.15) is 0 Å². The number of carbonyl (C=O) groups is 1. The Labute approximate surface area is 151 Å². The number of fused-ring (bicyclic) bond motifs is 1. The van der Waals surface area contributed by atoms with E-state index in [1.807, 2.05) is 31.2 Å². The fraction of sp³-hybridized carbons (Fsp3) is 0.421. The second-order valence-corrected chi connectivity index (χ2v) is 6.35. The molecule has 1 unspecified atom stereocenters. The van der Waals surface area contributed by atoms with Crippen LogP contribution in [0.25, 0.3) is 11.3 Å². The standard InChI is InChI=1S/C19H21N3O4/c1-2-24-18(23)14-4-3-9-22(11-14)19-20-8-7-15(21-19)13-5-6-16-17(10-13)26-12-25-16/h5-8,10,14H,2-4,9,11-12H2,1H3. The van der Waals surface area contributed by atoms with Crippen LogP contribution in [-0.4, -0.2) is 42.4 Å². The summed E-state index contributed by atoms with van der Waals surface area (Å²) in [5.74, 6) is 1.85. The molecule has 2 aromatic rings. The van der Waals surface area contributed by atoms with Crippen molar-refractivity contribution in [3.05, 3.63) is 30.5 Å². The maximum Gasteiger partial charge on any atom is 0.310 e. The molecule has 4 rings (SSSR count). The van der Waals surface area contributed by atoms with Crippen LogP contribution in [0.5, 0.6) is 11.5 Å². The lowest BCUT2D eigenvalue weighted by Gasteiger charge is -2.31. The highest BCUT2D eigenvalue weighted by Gasteiger charge is 2.28. The highest BCUT2D eigenvalue weighted by Crippen LogP contribution is 2.35. The molecule has 0 saturated carbocycles. The minimum absolute atomic E-state index is 0.124. The van der Waals surface area contributed by atoms with Crippen LogP contribution in [0.15, 0.2) is 30.5 Å². The van der Waals surface area contributed by atoms with Gasteiger partial charge in [-0.05, 0) is 44.0 Å². The predicted octanol–water partition coefficient (Wildman–Crippen LogP) is 2.65. The molecular weight excluding hydrogens is 334 g/mol. The van der Waals surface area contributed by atoms with Gasteiger partial charge in [0.15, 0.2) is 11.5 Å². The van der Waals surface area contributed by atoms with E-state index < -0.39 is 0 Å². The number of nitrogens with zero attached hydrogens (tertiary/aromatic N) is 3. The first-order chi connectivity index (χ1) is 12.7. The quantitative estimate of drug-likeness (QED) is 0.781. The Balaban J connectivity index is 1.55. The zero-order valence-electron chi connectivity index (χ0n) is 14.7. The second kappa shape index (κ2) is 7.19. The first kappa shape index (κ1) is 16.6. The number of piperidine rings is 1. The van der Waals surface area contributed by atoms with E-state index in [4.69, 9.17) is 19.2 Å². The number of carbonyl (C=O) groups excluding carboxylic acids is 1. The van der Waals surface area contributed by atoms with Crippen LogP contribution < -0.4 is 14.4 Å². The van der Waals surface area contributed by atoms with E-state index in [9.17, 15) is 4.79 Å². The SMILES string of the molecule is CCOC(=O)C1CCCN(c2nccc(-c3ccc4c(c3)OCO4)n2)C1. The number of esters is 1. The largest absolute Gasteiger partial charge is 0.466 e. The van der Waals surface area contributed by atoms with Crippen molar-refractivity contribution in [2.45, 2.75) is 19.8 Å². The molecular formula is C19H21N3O4. The van der Waals surface area contributed by atoms with Crippen LogP contribution in [0.1, 0.15) is 19.8 Å². The van der Waals surface area contributed by atoms with Crippen molar-refractivity contribution >= 4 is 11.9 Å². The van der Waals surface area contributed by atoms with Gasteiger partial charge in [-0.25, -0.2) is 9.97 Å². The van der Waals surface area contributed by atoms with Gasteiger partial charge in [0, 0.05) is 24.8 Å². The molecule has 0 amide bonds. The number of rotatable bonds is 4. The first-order valence-electron chi connectivity index (χ1n) is 8.89. The fourth-order valence-corrected chi connectivity index (χ4v) is 3.33. The van der Waals surface area contributed by atoms with Crippen molar-refractivity contribution in [3.8, 4) is 22.8 Å². The summed E-state index contributed by atoms with van der Waals surface area (Å²) in [6.07, 6.45) is 3.51. The normalized spacial score (nSPS) is 18.7. The summed E-state index contributed by atoms with van der Waals surface area (Å²) < 4.78 is 16.0. The molecule has 0 N–H and O–H groups in total. The van der Waals surface area contributed by atoms with E-state index in [0.717, 1.165) is 42.1 Å². The van der Waals surface area contributed by atoms with E-state index in [1.165, 1.54) is 0 Å². The van der Waals surface area contributed by atoms with E-state index in [-0.39, 0.29) is 18.7 Å². The molecule has 1 saturated heterocycles. The molecule has 1 atom stereocenters. The Morgan fingerprint density at radius 1 is 1.31 bits per heavy atom. The molecule has 3 heterocycles. The summed E-state index contributed by atoms with van der Waals surface area (Å²) in [5.41, 5.74) is 1.75. The summed E-state index contributed by atoms with van der Waals surface area (Å²) in [4.78, 5) is 23.2. The Bertz CT molecular complexity index is 811. The van der Waals surface area contributed by atoms with Crippen molar-refractivity contribution < 1.29 is 19.0 Å². The molecule has 136 valence electrons. The molecule has 0 radical (unpaired) electrons. The maximum absolute atomic E-state index is 12.1. The smallest absolute Gasteiger partial charge is 0.310 e. The van der Waals surface area contributed by atoms with Gasteiger partial charge in [-0.15, -0.1) is 0 Å². The monoisotopic (exact) mass is 355 g/mol. The minimum atomic E-state index is -0.135. The van der Waals surface area contributed by atoms with Gasteiger partial charge in [0.2, 0.25) is 12.7 Å². The average Bonchev–Trinajstić information content (AvgIpc) is 3.16. The first-order valence-corrected chi connectivity index (χ1v) is 8.89. The zero-order valence-corrected chi connectivity index (χ0v) is 14.7. The molecule has 0 aliphatic carbocycles. The molecule has 1 aromatic heterocycles. The van der Waals surface area contributed by atoms with E-state index in [0.29, 0.717) is 19.1 Å². The lowest BCUT2D eigenvalue weighted by atomic mass is 9.98. The lowest BCUT2D eigenvalue weighted by Crippen LogP contribution is -2.40. The number of hydrogen-bond acceptors (Lipinski definition) is 7. The highest BCUT2D eigenvalue weighted by molar-refractivity contribution is 5.73. The predicted molar refractivity (Wildman–Crippen MR) is 95.2 cm³/mol. The number of anilines is 1. The van der Waals surface area contributed by atoms with Gasteiger partial charge in [0.05, 0.1) is 18.2 Å². The van der Waals surface area contributed by atoms with Crippen molar-refractivity contribution in [3.63, 3.8) is 0 Å². The van der Waals surface area contributed by atoms with Crippen molar-refractivity contribution in [1.82, 2.24) is 9.97 Å². The van der Waals surface area contributed by atoms with Gasteiger partial charge in [-0.3, -0.25) is 4.79 Å². The summed E-state index contributed by atoms with van der Waals surface area (Å²) >= 11 is 0. The van der Waals surface area contributed by atoms with Crippen LogP contribution in [0, 0.1) is 5.92 Å². The van der Waals surface area contributed by atoms with Crippen molar-refractivity contribution in [2.24, 2.45) is 5.92 Å². The second-order valence-electron chi connectivity index (χ2n) is 6.35. The van der Waals surface area contributed by atoms with Crippen LogP contribution in [0.4, 0.5) is 5.95 Å². The van der Waals surface area contributed by atoms with Crippen molar-refractivity contribution in [2.75, 3.05) is 31.4 Å². The molecule has 7 nitrogen and oxygen atoms in total. The Morgan fingerprint density at radius 2 is 2.19 bits per heavy atom. The van der Waals surface area contributed by atoms with E-state index in [1.54, 1.807) is 6.20 Å². The molecule has 26 heavy (non-hydrogen) atoms. The number of benzene rings is 1. The third-order valence-corrected chi connectivity index (χ3v) is 4.64. The average molecular weight is 355 g/mol. The van der Waals surface area contributed by atoms with E-state index in [2.05, 4.69) is 9.88 Å². The molecule has 7 heteroatoms.